The van der Waals surface area contributed by atoms with Gasteiger partial charge in [0.2, 0.25) is 5.95 Å². The zero-order chi connectivity index (χ0) is 14.1. The second-order valence-corrected chi connectivity index (χ2v) is 4.60. The van der Waals surface area contributed by atoms with Crippen LogP contribution in [0.2, 0.25) is 0 Å². The number of hydrogen-bond acceptors (Lipinski definition) is 3. The highest BCUT2D eigenvalue weighted by Gasteiger charge is 2.09. The van der Waals surface area contributed by atoms with Crippen molar-refractivity contribution in [1.29, 1.82) is 5.41 Å². The summed E-state index contributed by atoms with van der Waals surface area (Å²) in [5, 5.41) is 7.40. The zero-order valence-electron chi connectivity index (χ0n) is 11.1. The number of aromatic nitrogens is 2. The maximum Gasteiger partial charge on any atom is 0.208 e. The number of anilines is 2. The fourth-order valence-electron chi connectivity index (χ4n) is 2.09. The molecule has 0 amide bonds. The molecule has 0 unspecified atom stereocenters. The molecule has 3 rings (SSSR count). The number of hydrogen-bond donors (Lipinski definition) is 3. The number of amidine groups is 1. The summed E-state index contributed by atoms with van der Waals surface area (Å²) in [5.41, 5.74) is 9.10. The number of benzene rings is 2. The number of imidazole rings is 1. The largest absolute Gasteiger partial charge is 0.384 e. The lowest BCUT2D eigenvalue weighted by molar-refractivity contribution is 1.10. The standard InChI is InChI=1S/C15H15N5/c1-20(11-8-6-10(7-9-11)14(16)17)15-18-12-4-2-3-5-13(12)19-15/h2-9H,1H3,(H3,16,17)(H,18,19). The Bertz CT molecular complexity index is 724. The fourth-order valence-corrected chi connectivity index (χ4v) is 2.09. The highest BCUT2D eigenvalue weighted by Crippen LogP contribution is 2.23. The minimum atomic E-state index is 0.0722. The van der Waals surface area contributed by atoms with Crippen LogP contribution in [0.15, 0.2) is 48.5 Å². The molecule has 0 bridgehead atoms. The number of fused-ring (bicyclic) bond motifs is 1. The van der Waals surface area contributed by atoms with Gasteiger partial charge in [-0.15, -0.1) is 0 Å². The van der Waals surface area contributed by atoms with E-state index in [2.05, 4.69) is 9.97 Å². The molecule has 0 fully saturated rings. The Morgan fingerprint density at radius 2 is 1.85 bits per heavy atom. The lowest BCUT2D eigenvalue weighted by Gasteiger charge is -2.16. The van der Waals surface area contributed by atoms with Crippen LogP contribution in [0.3, 0.4) is 0 Å². The van der Waals surface area contributed by atoms with Gasteiger partial charge in [0.1, 0.15) is 5.84 Å². The van der Waals surface area contributed by atoms with Gasteiger partial charge < -0.3 is 15.6 Å². The Labute approximate surface area is 116 Å². The summed E-state index contributed by atoms with van der Waals surface area (Å²) in [6.45, 7) is 0. The van der Waals surface area contributed by atoms with Crippen molar-refractivity contribution in [2.24, 2.45) is 5.73 Å². The van der Waals surface area contributed by atoms with Gasteiger partial charge in [0.15, 0.2) is 0 Å². The van der Waals surface area contributed by atoms with E-state index in [1.165, 1.54) is 0 Å². The van der Waals surface area contributed by atoms with Crippen molar-refractivity contribution < 1.29 is 0 Å². The first-order chi connectivity index (χ1) is 9.65. The van der Waals surface area contributed by atoms with Crippen molar-refractivity contribution in [2.75, 3.05) is 11.9 Å². The van der Waals surface area contributed by atoms with Gasteiger partial charge in [-0.2, -0.15) is 0 Å². The summed E-state index contributed by atoms with van der Waals surface area (Å²) in [7, 11) is 1.94. The second kappa shape index (κ2) is 4.70. The van der Waals surface area contributed by atoms with Crippen LogP contribution in [0.1, 0.15) is 5.56 Å². The summed E-state index contributed by atoms with van der Waals surface area (Å²) in [4.78, 5) is 9.79. The number of nitrogen functional groups attached to an aromatic ring is 1. The first kappa shape index (κ1) is 12.2. The Kier molecular flexibility index (Phi) is 2.87. The van der Waals surface area contributed by atoms with E-state index in [1.807, 2.05) is 60.5 Å². The first-order valence-corrected chi connectivity index (χ1v) is 6.28. The van der Waals surface area contributed by atoms with Gasteiger partial charge in [-0.05, 0) is 36.4 Å². The van der Waals surface area contributed by atoms with Crippen molar-refractivity contribution in [3.8, 4) is 0 Å². The van der Waals surface area contributed by atoms with Crippen LogP contribution in [0, 0.1) is 5.41 Å². The Morgan fingerprint density at radius 3 is 2.50 bits per heavy atom. The van der Waals surface area contributed by atoms with Gasteiger partial charge in [0.25, 0.3) is 0 Å². The minimum Gasteiger partial charge on any atom is -0.384 e. The molecule has 20 heavy (non-hydrogen) atoms. The van der Waals surface area contributed by atoms with Gasteiger partial charge in [-0.25, -0.2) is 4.98 Å². The van der Waals surface area contributed by atoms with Crippen LogP contribution in [-0.4, -0.2) is 22.9 Å². The number of H-pyrrole nitrogens is 1. The number of nitrogens with two attached hydrogens (primary N) is 1. The van der Waals surface area contributed by atoms with E-state index in [0.717, 1.165) is 22.7 Å². The summed E-state index contributed by atoms with van der Waals surface area (Å²) in [6.07, 6.45) is 0. The smallest absolute Gasteiger partial charge is 0.208 e. The Morgan fingerprint density at radius 1 is 1.15 bits per heavy atom. The normalized spacial score (nSPS) is 10.7. The highest BCUT2D eigenvalue weighted by atomic mass is 15.2. The Balaban J connectivity index is 1.94. The van der Waals surface area contributed by atoms with Gasteiger partial charge in [-0.3, -0.25) is 5.41 Å². The molecule has 3 aromatic rings. The molecule has 0 atom stereocenters. The van der Waals surface area contributed by atoms with Gasteiger partial charge in [0, 0.05) is 18.3 Å². The van der Waals surface area contributed by atoms with Crippen LogP contribution in [0.5, 0.6) is 0 Å². The molecule has 100 valence electrons. The van der Waals surface area contributed by atoms with Crippen molar-refractivity contribution in [1.82, 2.24) is 9.97 Å². The molecule has 0 saturated carbocycles. The lowest BCUT2D eigenvalue weighted by atomic mass is 10.2. The van der Waals surface area contributed by atoms with Crippen LogP contribution in [0.4, 0.5) is 11.6 Å². The van der Waals surface area contributed by atoms with E-state index < -0.39 is 0 Å². The second-order valence-electron chi connectivity index (χ2n) is 4.60. The average Bonchev–Trinajstić information content (AvgIpc) is 2.90. The van der Waals surface area contributed by atoms with E-state index in [9.17, 15) is 0 Å². The third kappa shape index (κ3) is 2.09. The average molecular weight is 265 g/mol. The van der Waals surface area contributed by atoms with Gasteiger partial charge >= 0.3 is 0 Å². The molecule has 0 saturated heterocycles. The quantitative estimate of drug-likeness (QED) is 0.503. The maximum atomic E-state index is 7.40. The fraction of sp³-hybridized carbons (Fsp3) is 0.0667. The zero-order valence-corrected chi connectivity index (χ0v) is 11.1. The molecule has 5 nitrogen and oxygen atoms in total. The van der Waals surface area contributed by atoms with E-state index in [-0.39, 0.29) is 5.84 Å². The molecular weight excluding hydrogens is 250 g/mol. The summed E-state index contributed by atoms with van der Waals surface area (Å²) in [5.74, 6) is 0.852. The van der Waals surface area contributed by atoms with E-state index in [1.54, 1.807) is 0 Å². The van der Waals surface area contributed by atoms with Crippen LogP contribution in [-0.2, 0) is 0 Å². The summed E-state index contributed by atoms with van der Waals surface area (Å²) < 4.78 is 0. The molecule has 1 heterocycles. The number of para-hydroxylation sites is 2. The number of aromatic amines is 1. The summed E-state index contributed by atoms with van der Waals surface area (Å²) in [6, 6.07) is 15.4. The monoisotopic (exact) mass is 265 g/mol. The Hall–Kier alpha value is -2.82. The third-order valence-electron chi connectivity index (χ3n) is 3.26. The molecule has 0 aliphatic rings. The van der Waals surface area contributed by atoms with Crippen molar-refractivity contribution in [3.05, 3.63) is 54.1 Å². The molecule has 2 aromatic carbocycles. The molecule has 5 heteroatoms. The van der Waals surface area contributed by atoms with E-state index >= 15 is 0 Å². The van der Waals surface area contributed by atoms with Crippen molar-refractivity contribution in [3.63, 3.8) is 0 Å². The molecule has 0 aliphatic heterocycles. The molecule has 0 radical (unpaired) electrons. The molecule has 4 N–H and O–H groups in total. The van der Waals surface area contributed by atoms with E-state index in [4.69, 9.17) is 11.1 Å². The lowest BCUT2D eigenvalue weighted by Crippen LogP contribution is -2.13. The predicted octanol–water partition coefficient (Wildman–Crippen LogP) is 2.61. The SMILES string of the molecule is CN(c1ccc(C(=N)N)cc1)c1nc2ccccc2[nH]1. The van der Waals surface area contributed by atoms with E-state index in [0.29, 0.717) is 5.56 Å². The highest BCUT2D eigenvalue weighted by molar-refractivity contribution is 5.95. The van der Waals surface area contributed by atoms with Crippen molar-refractivity contribution in [2.45, 2.75) is 0 Å². The molecule has 0 spiro atoms. The topological polar surface area (TPSA) is 81.8 Å². The molecule has 1 aromatic heterocycles. The molecular formula is C15H15N5. The van der Waals surface area contributed by atoms with Crippen molar-refractivity contribution >= 4 is 28.5 Å². The van der Waals surface area contributed by atoms with Gasteiger partial charge in [-0.1, -0.05) is 12.1 Å². The first-order valence-electron chi connectivity index (χ1n) is 6.28. The van der Waals surface area contributed by atoms with Crippen LogP contribution < -0.4 is 10.6 Å². The maximum absolute atomic E-state index is 7.40. The summed E-state index contributed by atoms with van der Waals surface area (Å²) >= 11 is 0. The van der Waals surface area contributed by atoms with Crippen LogP contribution in [0.25, 0.3) is 11.0 Å². The minimum absolute atomic E-state index is 0.0722. The number of rotatable bonds is 3. The van der Waals surface area contributed by atoms with Gasteiger partial charge in [0.05, 0.1) is 11.0 Å². The van der Waals surface area contributed by atoms with Crippen LogP contribution >= 0.6 is 0 Å². The number of nitrogens with one attached hydrogen (secondary N) is 2. The number of nitrogens with zero attached hydrogens (tertiary/aromatic N) is 2. The predicted molar refractivity (Wildman–Crippen MR) is 81.6 cm³/mol. The molecule has 0 aliphatic carbocycles. The third-order valence-corrected chi connectivity index (χ3v) is 3.26.